The fourth-order valence-electron chi connectivity index (χ4n) is 1.53. The lowest BCUT2D eigenvalue weighted by molar-refractivity contribution is 0.0535. The summed E-state index contributed by atoms with van der Waals surface area (Å²) in [5, 5.41) is 2.51. The highest BCUT2D eigenvalue weighted by molar-refractivity contribution is 5.95. The maximum absolute atomic E-state index is 11.4. The summed E-state index contributed by atoms with van der Waals surface area (Å²) in [6.07, 6.45) is -0.549. The Hall–Kier alpha value is -2.68. The van der Waals surface area contributed by atoms with Gasteiger partial charge in [-0.2, -0.15) is 0 Å². The molecule has 22 heavy (non-hydrogen) atoms. The number of nitrogens with one attached hydrogen (secondary N) is 1. The predicted octanol–water partition coefficient (Wildman–Crippen LogP) is 1.67. The molecule has 1 rings (SSSR count). The van der Waals surface area contributed by atoms with Gasteiger partial charge in [-0.05, 0) is 39.0 Å². The van der Waals surface area contributed by atoms with Crippen LogP contribution in [-0.4, -0.2) is 31.3 Å². The molecule has 6 nitrogen and oxygen atoms in total. The van der Waals surface area contributed by atoms with Crippen molar-refractivity contribution in [1.29, 1.82) is 0 Å². The van der Waals surface area contributed by atoms with E-state index in [9.17, 15) is 9.59 Å². The standard InChI is InChI=1S/C16H20N2O4/c1-16(2,3)22-15(20)18-9-5-6-11-7-8-12(21-4)10-13(11)14(17)19/h7-8,10H,9H2,1-4H3,(H2,17,19)(H,18,20). The van der Waals surface area contributed by atoms with Crippen LogP contribution >= 0.6 is 0 Å². The molecule has 1 aromatic carbocycles. The van der Waals surface area contributed by atoms with Crippen molar-refractivity contribution >= 4 is 12.0 Å². The first-order valence-corrected chi connectivity index (χ1v) is 6.66. The highest BCUT2D eigenvalue weighted by atomic mass is 16.6. The van der Waals surface area contributed by atoms with E-state index in [2.05, 4.69) is 17.2 Å². The van der Waals surface area contributed by atoms with E-state index in [1.54, 1.807) is 32.9 Å². The van der Waals surface area contributed by atoms with Crippen molar-refractivity contribution in [3.63, 3.8) is 0 Å². The van der Waals surface area contributed by atoms with Crippen molar-refractivity contribution in [3.05, 3.63) is 29.3 Å². The van der Waals surface area contributed by atoms with Crippen LogP contribution in [0.4, 0.5) is 4.79 Å². The van der Waals surface area contributed by atoms with Gasteiger partial charge in [0.2, 0.25) is 5.91 Å². The number of ether oxygens (including phenoxy) is 2. The van der Waals surface area contributed by atoms with Gasteiger partial charge in [-0.1, -0.05) is 11.8 Å². The molecule has 0 aliphatic carbocycles. The summed E-state index contributed by atoms with van der Waals surface area (Å²) in [5.41, 5.74) is 5.48. The molecule has 0 bridgehead atoms. The molecular weight excluding hydrogens is 284 g/mol. The quantitative estimate of drug-likeness (QED) is 0.831. The van der Waals surface area contributed by atoms with Crippen molar-refractivity contribution in [1.82, 2.24) is 5.32 Å². The van der Waals surface area contributed by atoms with Crippen molar-refractivity contribution in [2.24, 2.45) is 5.73 Å². The zero-order valence-electron chi connectivity index (χ0n) is 13.1. The van der Waals surface area contributed by atoms with Crippen molar-refractivity contribution in [3.8, 4) is 17.6 Å². The van der Waals surface area contributed by atoms with E-state index in [1.807, 2.05) is 0 Å². The lowest BCUT2D eigenvalue weighted by Crippen LogP contribution is -2.32. The van der Waals surface area contributed by atoms with Gasteiger partial charge in [-0.25, -0.2) is 4.79 Å². The number of alkyl carbamates (subject to hydrolysis) is 1. The Kier molecular flexibility index (Phi) is 5.81. The number of nitrogens with two attached hydrogens (primary N) is 1. The largest absolute Gasteiger partial charge is 0.497 e. The highest BCUT2D eigenvalue weighted by Gasteiger charge is 2.15. The second kappa shape index (κ2) is 7.36. The topological polar surface area (TPSA) is 90.7 Å². The van der Waals surface area contributed by atoms with E-state index in [-0.39, 0.29) is 12.1 Å². The van der Waals surface area contributed by atoms with Gasteiger partial charge in [0.05, 0.1) is 19.2 Å². The monoisotopic (exact) mass is 304 g/mol. The van der Waals surface area contributed by atoms with E-state index in [1.165, 1.54) is 13.2 Å². The number of benzene rings is 1. The number of hydrogen-bond donors (Lipinski definition) is 2. The van der Waals surface area contributed by atoms with Crippen LogP contribution in [0.3, 0.4) is 0 Å². The fraction of sp³-hybridized carbons (Fsp3) is 0.375. The molecule has 0 aliphatic rings. The van der Waals surface area contributed by atoms with Gasteiger partial charge >= 0.3 is 6.09 Å². The van der Waals surface area contributed by atoms with Crippen molar-refractivity contribution in [2.45, 2.75) is 26.4 Å². The van der Waals surface area contributed by atoms with E-state index in [4.69, 9.17) is 15.2 Å². The summed E-state index contributed by atoms with van der Waals surface area (Å²) in [7, 11) is 1.50. The van der Waals surface area contributed by atoms with Crippen LogP contribution < -0.4 is 15.8 Å². The Morgan fingerprint density at radius 1 is 1.32 bits per heavy atom. The first-order valence-electron chi connectivity index (χ1n) is 6.66. The van der Waals surface area contributed by atoms with Gasteiger partial charge in [0.1, 0.15) is 11.4 Å². The molecule has 1 aromatic rings. The number of rotatable bonds is 3. The van der Waals surface area contributed by atoms with E-state index in [0.717, 1.165) is 0 Å². The number of methoxy groups -OCH3 is 1. The number of primary amides is 1. The summed E-state index contributed by atoms with van der Waals surface area (Å²) >= 11 is 0. The summed E-state index contributed by atoms with van der Waals surface area (Å²) in [6, 6.07) is 4.84. The molecule has 3 N–H and O–H groups in total. The van der Waals surface area contributed by atoms with Gasteiger partial charge in [-0.15, -0.1) is 0 Å². The van der Waals surface area contributed by atoms with Crippen LogP contribution in [0.25, 0.3) is 0 Å². The minimum atomic E-state index is -0.594. The Balaban J connectivity index is 2.72. The van der Waals surface area contributed by atoms with Crippen molar-refractivity contribution in [2.75, 3.05) is 13.7 Å². The summed E-state index contributed by atoms with van der Waals surface area (Å²) in [5.74, 6) is 5.45. The lowest BCUT2D eigenvalue weighted by atomic mass is 10.1. The first kappa shape index (κ1) is 17.4. The average Bonchev–Trinajstić information content (AvgIpc) is 2.41. The predicted molar refractivity (Wildman–Crippen MR) is 82.6 cm³/mol. The molecule has 0 aromatic heterocycles. The molecule has 0 radical (unpaired) electrons. The van der Waals surface area contributed by atoms with Gasteiger partial charge in [0.25, 0.3) is 0 Å². The maximum Gasteiger partial charge on any atom is 0.408 e. The molecule has 0 fully saturated rings. The average molecular weight is 304 g/mol. The molecule has 0 saturated heterocycles. The molecule has 0 saturated carbocycles. The molecule has 6 heteroatoms. The third kappa shape index (κ3) is 5.75. The van der Waals surface area contributed by atoms with Gasteiger partial charge in [0, 0.05) is 5.56 Å². The normalized spacial score (nSPS) is 10.2. The first-order chi connectivity index (χ1) is 10.2. The number of carbonyl (C=O) groups excluding carboxylic acids is 2. The maximum atomic E-state index is 11.4. The van der Waals surface area contributed by atoms with E-state index < -0.39 is 17.6 Å². The molecule has 118 valence electrons. The minimum absolute atomic E-state index is 0.0964. The van der Waals surface area contributed by atoms with Crippen LogP contribution in [0, 0.1) is 11.8 Å². The SMILES string of the molecule is COc1ccc(C#CCNC(=O)OC(C)(C)C)c(C(N)=O)c1. The lowest BCUT2D eigenvalue weighted by Gasteiger charge is -2.19. The van der Waals surface area contributed by atoms with Crippen molar-refractivity contribution < 1.29 is 19.1 Å². The molecule has 0 spiro atoms. The Morgan fingerprint density at radius 3 is 2.55 bits per heavy atom. The van der Waals surface area contributed by atoms with Crippen LogP contribution in [0.2, 0.25) is 0 Å². The van der Waals surface area contributed by atoms with E-state index >= 15 is 0 Å². The second-order valence-electron chi connectivity index (χ2n) is 5.43. The molecule has 2 amide bonds. The van der Waals surface area contributed by atoms with E-state index in [0.29, 0.717) is 11.3 Å². The zero-order valence-corrected chi connectivity index (χ0v) is 13.1. The summed E-state index contributed by atoms with van der Waals surface area (Å²) in [6.45, 7) is 5.41. The minimum Gasteiger partial charge on any atom is -0.497 e. The number of carbonyl (C=O) groups is 2. The third-order valence-corrected chi connectivity index (χ3v) is 2.44. The molecular formula is C16H20N2O4. The molecule has 0 unspecified atom stereocenters. The third-order valence-electron chi connectivity index (χ3n) is 2.44. The molecule has 0 atom stereocenters. The Labute approximate surface area is 130 Å². The second-order valence-corrected chi connectivity index (χ2v) is 5.43. The van der Waals surface area contributed by atoms with Crippen LogP contribution in [0.15, 0.2) is 18.2 Å². The van der Waals surface area contributed by atoms with Crippen LogP contribution in [0.1, 0.15) is 36.7 Å². The fourth-order valence-corrected chi connectivity index (χ4v) is 1.53. The Bertz CT molecular complexity index is 621. The summed E-state index contributed by atoms with van der Waals surface area (Å²) < 4.78 is 10.1. The van der Waals surface area contributed by atoms with Gasteiger partial charge in [-0.3, -0.25) is 4.79 Å². The molecule has 0 aliphatic heterocycles. The van der Waals surface area contributed by atoms with Crippen LogP contribution in [0.5, 0.6) is 5.75 Å². The summed E-state index contributed by atoms with van der Waals surface area (Å²) in [4.78, 5) is 22.8. The van der Waals surface area contributed by atoms with Crippen LogP contribution in [-0.2, 0) is 4.74 Å². The van der Waals surface area contributed by atoms with Gasteiger partial charge < -0.3 is 20.5 Å². The highest BCUT2D eigenvalue weighted by Crippen LogP contribution is 2.16. The zero-order chi connectivity index (χ0) is 16.8. The number of amides is 2. The Morgan fingerprint density at radius 2 is 2.00 bits per heavy atom. The molecule has 0 heterocycles. The number of hydrogen-bond acceptors (Lipinski definition) is 4. The smallest absolute Gasteiger partial charge is 0.408 e. The van der Waals surface area contributed by atoms with Gasteiger partial charge in [0.15, 0.2) is 0 Å².